The molecule has 1 unspecified atom stereocenters. The molecule has 2 heterocycles. The highest BCUT2D eigenvalue weighted by atomic mass is 19.4. The van der Waals surface area contributed by atoms with Gasteiger partial charge in [0.15, 0.2) is 5.65 Å². The topological polar surface area (TPSA) is 54.9 Å². The fourth-order valence-corrected chi connectivity index (χ4v) is 2.91. The van der Waals surface area contributed by atoms with Crippen LogP contribution in [0.5, 0.6) is 0 Å². The number of benzene rings is 1. The number of alkyl halides is 3. The number of pyridine rings is 2. The van der Waals surface area contributed by atoms with Crippen LogP contribution in [0.15, 0.2) is 48.7 Å². The van der Waals surface area contributed by atoms with Crippen LogP contribution < -0.4 is 5.32 Å². The second kappa shape index (κ2) is 7.34. The third kappa shape index (κ3) is 4.07. The van der Waals surface area contributed by atoms with Crippen LogP contribution in [0, 0.1) is 6.92 Å². The van der Waals surface area contributed by atoms with Crippen LogP contribution in [0.1, 0.15) is 46.6 Å². The van der Waals surface area contributed by atoms with E-state index < -0.39 is 17.8 Å². The first-order valence-corrected chi connectivity index (χ1v) is 8.50. The molecule has 1 N–H and O–H groups in total. The zero-order chi connectivity index (χ0) is 19.6. The van der Waals surface area contributed by atoms with Gasteiger partial charge in [0, 0.05) is 11.6 Å². The Labute approximate surface area is 154 Å². The standard InChI is InChI=1S/C20H18F3N3O/c1-3-17(13-6-4-8-15(10-13)20(21,22)23)26-19(27)16-11-14-7-5-9-24-18(14)25-12(16)2/h4-11,17H,3H2,1-2H3,(H,26,27). The number of fused-ring (bicyclic) bond motifs is 1. The van der Waals surface area contributed by atoms with Crippen molar-refractivity contribution in [2.45, 2.75) is 32.5 Å². The minimum absolute atomic E-state index is 0.376. The number of nitrogens with one attached hydrogen (secondary N) is 1. The number of halogens is 3. The third-order valence-electron chi connectivity index (χ3n) is 4.35. The van der Waals surface area contributed by atoms with E-state index in [4.69, 9.17) is 0 Å². The van der Waals surface area contributed by atoms with Gasteiger partial charge in [-0.1, -0.05) is 19.1 Å². The van der Waals surface area contributed by atoms with Gasteiger partial charge >= 0.3 is 6.18 Å². The summed E-state index contributed by atoms with van der Waals surface area (Å²) >= 11 is 0. The van der Waals surface area contributed by atoms with E-state index in [9.17, 15) is 18.0 Å². The molecule has 0 saturated carbocycles. The molecule has 27 heavy (non-hydrogen) atoms. The van der Waals surface area contributed by atoms with Crippen molar-refractivity contribution in [2.75, 3.05) is 0 Å². The zero-order valence-electron chi connectivity index (χ0n) is 14.8. The van der Waals surface area contributed by atoms with Crippen LogP contribution in [0.2, 0.25) is 0 Å². The Hall–Kier alpha value is -2.96. The predicted octanol–water partition coefficient (Wildman–Crippen LogP) is 4.84. The van der Waals surface area contributed by atoms with E-state index in [0.29, 0.717) is 28.9 Å². The molecule has 0 aliphatic carbocycles. The van der Waals surface area contributed by atoms with Crippen LogP contribution in [-0.4, -0.2) is 15.9 Å². The molecule has 1 aromatic carbocycles. The van der Waals surface area contributed by atoms with E-state index in [1.807, 2.05) is 0 Å². The Morgan fingerprint density at radius 1 is 1.19 bits per heavy atom. The smallest absolute Gasteiger partial charge is 0.345 e. The number of carbonyl (C=O) groups is 1. The first kappa shape index (κ1) is 18.8. The summed E-state index contributed by atoms with van der Waals surface area (Å²) in [6.07, 6.45) is -2.35. The van der Waals surface area contributed by atoms with Crippen molar-refractivity contribution in [3.8, 4) is 0 Å². The second-order valence-electron chi connectivity index (χ2n) is 6.23. The van der Waals surface area contributed by atoms with Crippen LogP contribution in [0.25, 0.3) is 11.0 Å². The van der Waals surface area contributed by atoms with Crippen molar-refractivity contribution in [1.82, 2.24) is 15.3 Å². The van der Waals surface area contributed by atoms with E-state index in [2.05, 4.69) is 15.3 Å². The van der Waals surface area contributed by atoms with Crippen molar-refractivity contribution in [1.29, 1.82) is 0 Å². The molecule has 0 aliphatic heterocycles. The minimum Gasteiger partial charge on any atom is -0.345 e. The fourth-order valence-electron chi connectivity index (χ4n) is 2.91. The Balaban J connectivity index is 1.89. The quantitative estimate of drug-likeness (QED) is 0.712. The highest BCUT2D eigenvalue weighted by Crippen LogP contribution is 2.31. The average molecular weight is 373 g/mol. The molecule has 2 aromatic heterocycles. The summed E-state index contributed by atoms with van der Waals surface area (Å²) in [6.45, 7) is 3.51. The second-order valence-corrected chi connectivity index (χ2v) is 6.23. The number of amides is 1. The molecule has 1 amide bonds. The van der Waals surface area contributed by atoms with Gasteiger partial charge in [-0.3, -0.25) is 4.79 Å². The molecule has 0 aliphatic rings. The van der Waals surface area contributed by atoms with Crippen molar-refractivity contribution in [3.05, 3.63) is 71.0 Å². The molecule has 7 heteroatoms. The molecule has 0 fully saturated rings. The molecular weight excluding hydrogens is 355 g/mol. The van der Waals surface area contributed by atoms with Gasteiger partial charge in [-0.2, -0.15) is 13.2 Å². The van der Waals surface area contributed by atoms with Crippen LogP contribution in [-0.2, 0) is 6.18 Å². The Morgan fingerprint density at radius 3 is 2.67 bits per heavy atom. The van der Waals surface area contributed by atoms with Gasteiger partial charge in [-0.05, 0) is 49.2 Å². The molecular formula is C20H18F3N3O. The fraction of sp³-hybridized carbons (Fsp3) is 0.250. The molecule has 0 spiro atoms. The predicted molar refractivity (Wildman–Crippen MR) is 96.2 cm³/mol. The number of hydrogen-bond acceptors (Lipinski definition) is 3. The van der Waals surface area contributed by atoms with Gasteiger partial charge in [0.1, 0.15) is 0 Å². The number of aryl methyl sites for hydroxylation is 1. The molecule has 1 atom stereocenters. The van der Waals surface area contributed by atoms with E-state index in [1.54, 1.807) is 44.3 Å². The summed E-state index contributed by atoms with van der Waals surface area (Å²) in [6, 6.07) is 9.73. The molecule has 4 nitrogen and oxygen atoms in total. The van der Waals surface area contributed by atoms with E-state index in [0.717, 1.165) is 17.5 Å². The zero-order valence-corrected chi connectivity index (χ0v) is 14.8. The molecule has 0 radical (unpaired) electrons. The number of hydrogen-bond donors (Lipinski definition) is 1. The summed E-state index contributed by atoms with van der Waals surface area (Å²) in [7, 11) is 0. The van der Waals surface area contributed by atoms with E-state index >= 15 is 0 Å². The van der Waals surface area contributed by atoms with Crippen LogP contribution in [0.4, 0.5) is 13.2 Å². The summed E-state index contributed by atoms with van der Waals surface area (Å²) in [5, 5.41) is 3.54. The van der Waals surface area contributed by atoms with Gasteiger partial charge in [0.2, 0.25) is 0 Å². The normalized spacial score (nSPS) is 12.8. The molecule has 3 aromatic rings. The highest BCUT2D eigenvalue weighted by molar-refractivity contribution is 5.98. The van der Waals surface area contributed by atoms with Crippen molar-refractivity contribution >= 4 is 16.9 Å². The lowest BCUT2D eigenvalue weighted by atomic mass is 10.0. The molecule has 3 rings (SSSR count). The summed E-state index contributed by atoms with van der Waals surface area (Å²) in [5.74, 6) is -0.380. The molecule has 140 valence electrons. The first-order valence-electron chi connectivity index (χ1n) is 8.50. The van der Waals surface area contributed by atoms with Gasteiger partial charge in [0.25, 0.3) is 5.91 Å². The Bertz CT molecular complexity index is 986. The van der Waals surface area contributed by atoms with E-state index in [-0.39, 0.29) is 5.91 Å². The lowest BCUT2D eigenvalue weighted by Crippen LogP contribution is -2.29. The van der Waals surface area contributed by atoms with Gasteiger partial charge < -0.3 is 5.32 Å². The number of nitrogens with zero attached hydrogens (tertiary/aromatic N) is 2. The van der Waals surface area contributed by atoms with Crippen LogP contribution >= 0.6 is 0 Å². The largest absolute Gasteiger partial charge is 0.416 e. The maximum atomic E-state index is 13.0. The molecule has 0 bridgehead atoms. The Kier molecular flexibility index (Phi) is 5.12. The van der Waals surface area contributed by atoms with Crippen molar-refractivity contribution in [2.24, 2.45) is 0 Å². The summed E-state index contributed by atoms with van der Waals surface area (Å²) < 4.78 is 38.9. The third-order valence-corrected chi connectivity index (χ3v) is 4.35. The number of carbonyl (C=O) groups excluding carboxylic acids is 1. The van der Waals surface area contributed by atoms with Crippen LogP contribution in [0.3, 0.4) is 0 Å². The monoisotopic (exact) mass is 373 g/mol. The van der Waals surface area contributed by atoms with Crippen molar-refractivity contribution < 1.29 is 18.0 Å². The van der Waals surface area contributed by atoms with Crippen molar-refractivity contribution in [3.63, 3.8) is 0 Å². The lowest BCUT2D eigenvalue weighted by molar-refractivity contribution is -0.137. The average Bonchev–Trinajstić information content (AvgIpc) is 2.64. The Morgan fingerprint density at radius 2 is 1.96 bits per heavy atom. The SMILES string of the molecule is CCC(NC(=O)c1cc2cccnc2nc1C)c1cccc(C(F)(F)F)c1. The van der Waals surface area contributed by atoms with E-state index in [1.165, 1.54) is 6.07 Å². The lowest BCUT2D eigenvalue weighted by Gasteiger charge is -2.19. The first-order chi connectivity index (χ1) is 12.8. The van der Waals surface area contributed by atoms with Gasteiger partial charge in [0.05, 0.1) is 22.9 Å². The highest BCUT2D eigenvalue weighted by Gasteiger charge is 2.31. The summed E-state index contributed by atoms with van der Waals surface area (Å²) in [5.41, 5.74) is 1.10. The van der Waals surface area contributed by atoms with Gasteiger partial charge in [-0.25, -0.2) is 9.97 Å². The minimum atomic E-state index is -4.43. The maximum Gasteiger partial charge on any atom is 0.416 e. The number of aromatic nitrogens is 2. The summed E-state index contributed by atoms with van der Waals surface area (Å²) in [4.78, 5) is 21.2. The van der Waals surface area contributed by atoms with Gasteiger partial charge in [-0.15, -0.1) is 0 Å². The number of rotatable bonds is 4. The molecule has 0 saturated heterocycles. The maximum absolute atomic E-state index is 13.0.